The van der Waals surface area contributed by atoms with Crippen molar-refractivity contribution in [3.8, 4) is 0 Å². The van der Waals surface area contributed by atoms with Gasteiger partial charge in [-0.3, -0.25) is 0 Å². The Labute approximate surface area is 111 Å². The molecule has 2 N–H and O–H groups in total. The highest BCUT2D eigenvalue weighted by Crippen LogP contribution is 2.58. The van der Waals surface area contributed by atoms with Crippen LogP contribution in [-0.4, -0.2) is 34.8 Å². The van der Waals surface area contributed by atoms with Gasteiger partial charge in [0, 0.05) is 25.1 Å². The molecule has 0 spiro atoms. The van der Waals surface area contributed by atoms with Crippen molar-refractivity contribution < 1.29 is 14.1 Å². The predicted octanol–water partition coefficient (Wildman–Crippen LogP) is 1.84. The highest BCUT2D eigenvalue weighted by Gasteiger charge is 2.58. The molecule has 3 rings (SSSR count). The Bertz CT molecular complexity index is 493. The van der Waals surface area contributed by atoms with Gasteiger partial charge in [-0.25, -0.2) is 4.79 Å². The molecular weight excluding hydrogens is 246 g/mol. The summed E-state index contributed by atoms with van der Waals surface area (Å²) >= 11 is 0. The van der Waals surface area contributed by atoms with Crippen molar-refractivity contribution in [1.29, 1.82) is 0 Å². The number of nitrogens with zero attached hydrogens (tertiary/aromatic N) is 2. The normalized spacial score (nSPS) is 29.2. The lowest BCUT2D eigenvalue weighted by molar-refractivity contribution is 0.0270. The van der Waals surface area contributed by atoms with E-state index in [4.69, 9.17) is 15.0 Å². The Hall–Kier alpha value is -1.72. The number of aromatic nitrogens is 1. The molecule has 1 amide bonds. The molecular formula is C13H19N3O3. The topological polar surface area (TPSA) is 81.6 Å². The monoisotopic (exact) mass is 265 g/mol. The zero-order valence-electron chi connectivity index (χ0n) is 11.4. The first-order valence-electron chi connectivity index (χ1n) is 6.55. The largest absolute Gasteiger partial charge is 0.444 e. The molecule has 2 heterocycles. The molecule has 1 saturated heterocycles. The second-order valence-electron chi connectivity index (χ2n) is 6.39. The number of carbonyl (C=O) groups excluding carboxylic acids is 1. The number of hydrogen-bond acceptors (Lipinski definition) is 5. The summed E-state index contributed by atoms with van der Waals surface area (Å²) in [5.74, 6) is 1.68. The van der Waals surface area contributed by atoms with Crippen LogP contribution < -0.4 is 5.73 Å². The number of likely N-dealkylation sites (tertiary alicyclic amines) is 1. The van der Waals surface area contributed by atoms with Crippen LogP contribution in [0.4, 0.5) is 10.7 Å². The summed E-state index contributed by atoms with van der Waals surface area (Å²) in [6, 6.07) is 1.78. The van der Waals surface area contributed by atoms with Crippen molar-refractivity contribution in [3.63, 3.8) is 0 Å². The fraction of sp³-hybridized carbons (Fsp3) is 0.692. The van der Waals surface area contributed by atoms with Gasteiger partial charge >= 0.3 is 6.09 Å². The minimum Gasteiger partial charge on any atom is -0.444 e. The third-order valence-corrected chi connectivity index (χ3v) is 3.73. The van der Waals surface area contributed by atoms with Gasteiger partial charge in [-0.05, 0) is 32.6 Å². The van der Waals surface area contributed by atoms with Gasteiger partial charge in [-0.2, -0.15) is 0 Å². The molecule has 0 bridgehead atoms. The molecule has 6 nitrogen and oxygen atoms in total. The summed E-state index contributed by atoms with van der Waals surface area (Å²) in [4.78, 5) is 13.7. The second kappa shape index (κ2) is 3.88. The van der Waals surface area contributed by atoms with E-state index >= 15 is 0 Å². The van der Waals surface area contributed by atoms with Crippen molar-refractivity contribution in [3.05, 3.63) is 11.8 Å². The summed E-state index contributed by atoms with van der Waals surface area (Å²) in [5, 5.41) is 3.95. The summed E-state index contributed by atoms with van der Waals surface area (Å²) < 4.78 is 10.3. The highest BCUT2D eigenvalue weighted by atomic mass is 16.6. The molecule has 1 aromatic rings. The maximum Gasteiger partial charge on any atom is 0.410 e. The van der Waals surface area contributed by atoms with Crippen molar-refractivity contribution in [1.82, 2.24) is 10.1 Å². The van der Waals surface area contributed by atoms with Gasteiger partial charge in [-0.1, -0.05) is 5.16 Å². The zero-order chi connectivity index (χ0) is 13.8. The molecule has 1 saturated carbocycles. The van der Waals surface area contributed by atoms with Gasteiger partial charge in [0.05, 0.1) is 5.69 Å². The van der Waals surface area contributed by atoms with E-state index in [2.05, 4.69) is 5.16 Å². The first kappa shape index (κ1) is 12.3. The maximum atomic E-state index is 11.9. The summed E-state index contributed by atoms with van der Waals surface area (Å²) in [7, 11) is 0. The van der Waals surface area contributed by atoms with Gasteiger partial charge in [0.15, 0.2) is 0 Å². The van der Waals surface area contributed by atoms with E-state index in [0.717, 1.165) is 18.8 Å². The number of rotatable bonds is 1. The van der Waals surface area contributed by atoms with Crippen molar-refractivity contribution >= 4 is 12.0 Å². The van der Waals surface area contributed by atoms with E-state index in [0.29, 0.717) is 23.6 Å². The van der Waals surface area contributed by atoms with Crippen molar-refractivity contribution in [2.75, 3.05) is 18.8 Å². The third-order valence-electron chi connectivity index (χ3n) is 3.73. The Kier molecular flexibility index (Phi) is 2.52. The van der Waals surface area contributed by atoms with Crippen LogP contribution in [0.2, 0.25) is 0 Å². The lowest BCUT2D eigenvalue weighted by Gasteiger charge is -2.25. The van der Waals surface area contributed by atoms with Crippen LogP contribution in [0.3, 0.4) is 0 Å². The number of carbonyl (C=O) groups is 1. The molecule has 104 valence electrons. The molecule has 19 heavy (non-hydrogen) atoms. The number of nitrogen functional groups attached to an aromatic ring is 1. The van der Waals surface area contributed by atoms with Gasteiger partial charge in [-0.15, -0.1) is 0 Å². The van der Waals surface area contributed by atoms with Crippen LogP contribution in [0, 0.1) is 11.8 Å². The number of ether oxygens (including phenoxy) is 1. The number of piperidine rings is 1. The Morgan fingerprint density at radius 1 is 1.47 bits per heavy atom. The molecule has 3 atom stereocenters. The summed E-state index contributed by atoms with van der Waals surface area (Å²) in [6.45, 7) is 7.10. The Morgan fingerprint density at radius 3 is 2.58 bits per heavy atom. The highest BCUT2D eigenvalue weighted by molar-refractivity contribution is 5.69. The SMILES string of the molecule is CC(C)(C)OC(=O)N1C[C@@H]2[C@H](C1)[C@H]2c1cc(N)on1. The van der Waals surface area contributed by atoms with E-state index in [1.165, 1.54) is 0 Å². The van der Waals surface area contributed by atoms with Crippen LogP contribution in [0.5, 0.6) is 0 Å². The average Bonchev–Trinajstić information content (AvgIpc) is 2.67. The van der Waals surface area contributed by atoms with Gasteiger partial charge in [0.25, 0.3) is 0 Å². The molecule has 1 aliphatic heterocycles. The van der Waals surface area contributed by atoms with Gasteiger partial charge < -0.3 is 19.9 Å². The first-order chi connectivity index (χ1) is 8.85. The minimum absolute atomic E-state index is 0.224. The number of hydrogen-bond donors (Lipinski definition) is 1. The Balaban J connectivity index is 1.57. The molecule has 0 unspecified atom stereocenters. The molecule has 2 aliphatic rings. The van der Waals surface area contributed by atoms with E-state index in [1.807, 2.05) is 20.8 Å². The predicted molar refractivity (Wildman–Crippen MR) is 68.4 cm³/mol. The number of anilines is 1. The molecule has 0 radical (unpaired) electrons. The quantitative estimate of drug-likeness (QED) is 0.837. The third kappa shape index (κ3) is 2.27. The van der Waals surface area contributed by atoms with Crippen molar-refractivity contribution in [2.45, 2.75) is 32.3 Å². The first-order valence-corrected chi connectivity index (χ1v) is 6.55. The van der Waals surface area contributed by atoms with E-state index in [1.54, 1.807) is 11.0 Å². The summed E-state index contributed by atoms with van der Waals surface area (Å²) in [6.07, 6.45) is -0.224. The fourth-order valence-electron chi connectivity index (χ4n) is 2.90. The molecule has 1 aromatic heterocycles. The van der Waals surface area contributed by atoms with Crippen LogP contribution in [0.15, 0.2) is 10.6 Å². The number of fused-ring (bicyclic) bond motifs is 1. The summed E-state index contributed by atoms with van der Waals surface area (Å²) in [5.41, 5.74) is 6.00. The van der Waals surface area contributed by atoms with Crippen LogP contribution in [0.1, 0.15) is 32.4 Å². The van der Waals surface area contributed by atoms with Gasteiger partial charge in [0.1, 0.15) is 5.60 Å². The average molecular weight is 265 g/mol. The number of amides is 1. The van der Waals surface area contributed by atoms with E-state index in [9.17, 15) is 4.79 Å². The van der Waals surface area contributed by atoms with E-state index in [-0.39, 0.29) is 6.09 Å². The zero-order valence-corrected chi connectivity index (χ0v) is 11.4. The molecule has 2 fully saturated rings. The Morgan fingerprint density at radius 2 is 2.11 bits per heavy atom. The lowest BCUT2D eigenvalue weighted by atomic mass is 10.2. The van der Waals surface area contributed by atoms with Gasteiger partial charge in [0.2, 0.25) is 5.88 Å². The fourth-order valence-corrected chi connectivity index (χ4v) is 2.90. The maximum absolute atomic E-state index is 11.9. The second-order valence-corrected chi connectivity index (χ2v) is 6.39. The van der Waals surface area contributed by atoms with E-state index < -0.39 is 5.60 Å². The number of nitrogens with two attached hydrogens (primary N) is 1. The van der Waals surface area contributed by atoms with Crippen LogP contribution >= 0.6 is 0 Å². The molecule has 0 aromatic carbocycles. The standard InChI is InChI=1S/C13H19N3O3/c1-13(2,3)18-12(17)16-5-7-8(6-16)11(7)9-4-10(14)19-15-9/h4,7-8,11H,5-6,14H2,1-3H3/t7-,8+,11+. The minimum atomic E-state index is -0.441. The molecule has 1 aliphatic carbocycles. The van der Waals surface area contributed by atoms with Crippen LogP contribution in [-0.2, 0) is 4.74 Å². The van der Waals surface area contributed by atoms with Crippen LogP contribution in [0.25, 0.3) is 0 Å². The van der Waals surface area contributed by atoms with Crippen molar-refractivity contribution in [2.24, 2.45) is 11.8 Å². The molecule has 6 heteroatoms. The smallest absolute Gasteiger partial charge is 0.410 e. The lowest BCUT2D eigenvalue weighted by Crippen LogP contribution is -2.36.